The number of fused-ring (bicyclic) bond motifs is 1. The van der Waals surface area contributed by atoms with E-state index in [2.05, 4.69) is 16.0 Å². The number of primary amides is 1. The summed E-state index contributed by atoms with van der Waals surface area (Å²) < 4.78 is 0. The van der Waals surface area contributed by atoms with E-state index < -0.39 is 11.4 Å². The quantitative estimate of drug-likeness (QED) is 0.728. The number of carbonyl (C=O) groups is 1. The number of aryl methyl sites for hydroxylation is 1. The minimum absolute atomic E-state index is 0.221. The SMILES string of the molecule is Cc1ccc2nc(SCC(N)(C(N)=O)C3CC3)[nH]c2c1. The number of aromatic nitrogens is 2. The summed E-state index contributed by atoms with van der Waals surface area (Å²) >= 11 is 1.46. The number of carbonyl (C=O) groups excluding carboxylic acids is 1. The fourth-order valence-corrected chi connectivity index (χ4v) is 3.44. The van der Waals surface area contributed by atoms with Crippen LogP contribution in [0.4, 0.5) is 0 Å². The molecule has 0 spiro atoms. The molecule has 1 aliphatic carbocycles. The van der Waals surface area contributed by atoms with Gasteiger partial charge in [-0.1, -0.05) is 17.8 Å². The predicted molar refractivity (Wildman–Crippen MR) is 80.4 cm³/mol. The van der Waals surface area contributed by atoms with Crippen molar-refractivity contribution in [1.29, 1.82) is 0 Å². The van der Waals surface area contributed by atoms with Gasteiger partial charge in [-0.05, 0) is 43.4 Å². The minimum atomic E-state index is -0.917. The molecule has 1 aromatic heterocycles. The van der Waals surface area contributed by atoms with Gasteiger partial charge in [0.15, 0.2) is 5.16 Å². The van der Waals surface area contributed by atoms with Crippen LogP contribution in [0.25, 0.3) is 11.0 Å². The number of imidazole rings is 1. The van der Waals surface area contributed by atoms with Crippen LogP contribution in [-0.4, -0.2) is 27.2 Å². The van der Waals surface area contributed by atoms with Gasteiger partial charge in [0, 0.05) is 5.75 Å². The number of nitrogens with two attached hydrogens (primary N) is 2. The second-order valence-corrected chi connectivity index (χ2v) is 6.49. The molecule has 5 N–H and O–H groups in total. The smallest absolute Gasteiger partial charge is 0.238 e. The topological polar surface area (TPSA) is 97.8 Å². The van der Waals surface area contributed by atoms with E-state index in [1.165, 1.54) is 17.3 Å². The zero-order valence-electron chi connectivity index (χ0n) is 11.3. The summed E-state index contributed by atoms with van der Waals surface area (Å²) in [5, 5.41) is 0.780. The molecule has 5 nitrogen and oxygen atoms in total. The highest BCUT2D eigenvalue weighted by molar-refractivity contribution is 7.99. The van der Waals surface area contributed by atoms with E-state index >= 15 is 0 Å². The van der Waals surface area contributed by atoms with Gasteiger partial charge in [0.25, 0.3) is 0 Å². The molecule has 1 amide bonds. The highest BCUT2D eigenvalue weighted by Crippen LogP contribution is 2.40. The highest BCUT2D eigenvalue weighted by atomic mass is 32.2. The number of H-pyrrole nitrogens is 1. The molecule has 0 saturated heterocycles. The van der Waals surface area contributed by atoms with Crippen LogP contribution in [0, 0.1) is 12.8 Å². The largest absolute Gasteiger partial charge is 0.368 e. The lowest BCUT2D eigenvalue weighted by Crippen LogP contribution is -2.56. The van der Waals surface area contributed by atoms with Gasteiger partial charge in [0.2, 0.25) is 5.91 Å². The van der Waals surface area contributed by atoms with Gasteiger partial charge in [-0.2, -0.15) is 0 Å². The fraction of sp³-hybridized carbons (Fsp3) is 0.429. The summed E-state index contributed by atoms with van der Waals surface area (Å²) in [5.74, 6) is 0.268. The molecule has 3 rings (SSSR count). The molecule has 1 heterocycles. The monoisotopic (exact) mass is 290 g/mol. The average Bonchev–Trinajstić information content (AvgIpc) is 3.17. The zero-order valence-corrected chi connectivity index (χ0v) is 12.2. The van der Waals surface area contributed by atoms with Crippen LogP contribution in [0.1, 0.15) is 18.4 Å². The first-order valence-corrected chi connectivity index (χ1v) is 7.65. The van der Waals surface area contributed by atoms with Crippen LogP contribution in [0.3, 0.4) is 0 Å². The van der Waals surface area contributed by atoms with Crippen LogP contribution >= 0.6 is 11.8 Å². The second kappa shape index (κ2) is 4.79. The second-order valence-electron chi connectivity index (χ2n) is 5.53. The Morgan fingerprint density at radius 2 is 2.30 bits per heavy atom. The molecular weight excluding hydrogens is 272 g/mol. The maximum atomic E-state index is 11.6. The summed E-state index contributed by atoms with van der Waals surface area (Å²) in [6.45, 7) is 2.04. The van der Waals surface area contributed by atoms with Crippen molar-refractivity contribution in [3.05, 3.63) is 23.8 Å². The van der Waals surface area contributed by atoms with Crippen LogP contribution in [0.5, 0.6) is 0 Å². The third kappa shape index (κ3) is 2.41. The average molecular weight is 290 g/mol. The van der Waals surface area contributed by atoms with Crippen molar-refractivity contribution in [2.24, 2.45) is 17.4 Å². The third-order valence-electron chi connectivity index (χ3n) is 3.83. The van der Waals surface area contributed by atoms with Crippen LogP contribution in [-0.2, 0) is 4.79 Å². The van der Waals surface area contributed by atoms with E-state index in [1.807, 2.05) is 19.1 Å². The maximum Gasteiger partial charge on any atom is 0.238 e. The summed E-state index contributed by atoms with van der Waals surface area (Å²) in [6, 6.07) is 6.06. The van der Waals surface area contributed by atoms with Crippen molar-refractivity contribution in [3.8, 4) is 0 Å². The van der Waals surface area contributed by atoms with Gasteiger partial charge in [-0.25, -0.2) is 4.98 Å². The van der Waals surface area contributed by atoms with Crippen LogP contribution < -0.4 is 11.5 Å². The Bertz CT molecular complexity index is 664. The Balaban J connectivity index is 1.77. The molecule has 6 heteroatoms. The maximum absolute atomic E-state index is 11.6. The van der Waals surface area contributed by atoms with Crippen LogP contribution in [0.2, 0.25) is 0 Å². The molecule has 1 atom stereocenters. The van der Waals surface area contributed by atoms with E-state index in [-0.39, 0.29) is 5.92 Å². The molecule has 20 heavy (non-hydrogen) atoms. The van der Waals surface area contributed by atoms with Crippen molar-refractivity contribution in [3.63, 3.8) is 0 Å². The van der Waals surface area contributed by atoms with E-state index in [4.69, 9.17) is 11.5 Å². The van der Waals surface area contributed by atoms with Crippen molar-refractivity contribution >= 4 is 28.7 Å². The number of amides is 1. The van der Waals surface area contributed by atoms with E-state index in [0.29, 0.717) is 5.75 Å². The molecule has 2 aromatic rings. The lowest BCUT2D eigenvalue weighted by atomic mass is 9.96. The molecule has 1 aliphatic rings. The summed E-state index contributed by atoms with van der Waals surface area (Å²) in [6.07, 6.45) is 1.97. The lowest BCUT2D eigenvalue weighted by Gasteiger charge is -2.24. The standard InChI is InChI=1S/C14H18N4OS/c1-8-2-5-10-11(6-8)18-13(17-10)20-7-14(16,12(15)19)9-3-4-9/h2,5-6,9H,3-4,7,16H2,1H3,(H2,15,19)(H,17,18). The first-order valence-electron chi connectivity index (χ1n) is 6.67. The number of aromatic amines is 1. The molecular formula is C14H18N4OS. The number of hydrogen-bond acceptors (Lipinski definition) is 4. The number of rotatable bonds is 5. The number of benzene rings is 1. The Morgan fingerprint density at radius 3 is 2.95 bits per heavy atom. The number of hydrogen-bond donors (Lipinski definition) is 3. The minimum Gasteiger partial charge on any atom is -0.368 e. The number of nitrogens with one attached hydrogen (secondary N) is 1. The lowest BCUT2D eigenvalue weighted by molar-refractivity contribution is -0.123. The first-order chi connectivity index (χ1) is 9.49. The molecule has 106 valence electrons. The molecule has 1 unspecified atom stereocenters. The first kappa shape index (κ1) is 13.5. The Labute approximate surface area is 121 Å². The van der Waals surface area contributed by atoms with Gasteiger partial charge in [0.1, 0.15) is 5.54 Å². The van der Waals surface area contributed by atoms with Gasteiger partial charge >= 0.3 is 0 Å². The van der Waals surface area contributed by atoms with Crippen molar-refractivity contribution in [1.82, 2.24) is 9.97 Å². The zero-order chi connectivity index (χ0) is 14.3. The number of nitrogens with zero attached hydrogens (tertiary/aromatic N) is 1. The molecule has 1 aromatic carbocycles. The third-order valence-corrected chi connectivity index (χ3v) is 4.92. The molecule has 0 radical (unpaired) electrons. The molecule has 1 fully saturated rings. The van der Waals surface area contributed by atoms with Gasteiger partial charge in [-0.3, -0.25) is 4.79 Å². The van der Waals surface area contributed by atoms with Crippen molar-refractivity contribution in [2.75, 3.05) is 5.75 Å². The van der Waals surface area contributed by atoms with Gasteiger partial charge < -0.3 is 16.5 Å². The fourth-order valence-electron chi connectivity index (χ4n) is 2.34. The Hall–Kier alpha value is -1.53. The van der Waals surface area contributed by atoms with Crippen molar-refractivity contribution in [2.45, 2.75) is 30.5 Å². The number of thioether (sulfide) groups is 1. The van der Waals surface area contributed by atoms with Gasteiger partial charge in [0.05, 0.1) is 11.0 Å². The Morgan fingerprint density at radius 1 is 1.55 bits per heavy atom. The molecule has 0 bridgehead atoms. The highest BCUT2D eigenvalue weighted by Gasteiger charge is 2.46. The predicted octanol–water partition coefficient (Wildman–Crippen LogP) is 1.56. The summed E-state index contributed by atoms with van der Waals surface area (Å²) in [4.78, 5) is 19.3. The summed E-state index contributed by atoms with van der Waals surface area (Å²) in [7, 11) is 0. The van der Waals surface area contributed by atoms with Crippen LogP contribution in [0.15, 0.2) is 23.4 Å². The molecule has 1 saturated carbocycles. The Kier molecular flexibility index (Phi) is 3.22. The van der Waals surface area contributed by atoms with E-state index in [9.17, 15) is 4.79 Å². The van der Waals surface area contributed by atoms with Crippen molar-refractivity contribution < 1.29 is 4.79 Å². The summed E-state index contributed by atoms with van der Waals surface area (Å²) in [5.41, 5.74) is 13.8. The van der Waals surface area contributed by atoms with E-state index in [1.54, 1.807) is 0 Å². The van der Waals surface area contributed by atoms with E-state index in [0.717, 1.165) is 29.0 Å². The normalized spacial score (nSPS) is 18.1. The molecule has 0 aliphatic heterocycles. The van der Waals surface area contributed by atoms with Gasteiger partial charge in [-0.15, -0.1) is 0 Å².